The first-order chi connectivity index (χ1) is 14.5. The number of benzene rings is 2. The van der Waals surface area contributed by atoms with Crippen LogP contribution in [0.15, 0.2) is 53.4 Å². The van der Waals surface area contributed by atoms with Crippen LogP contribution in [0.3, 0.4) is 0 Å². The number of hydrogen-bond acceptors (Lipinski definition) is 6. The minimum Gasteiger partial charge on any atom is -0.485 e. The molecule has 0 saturated carbocycles. The number of likely N-dealkylation sites (N-methyl/N-ethyl adjacent to an activating group) is 1. The van der Waals surface area contributed by atoms with Gasteiger partial charge in [-0.1, -0.05) is 25.1 Å². The molecule has 2 aromatic carbocycles. The zero-order chi connectivity index (χ0) is 21.1. The second-order valence-corrected chi connectivity index (χ2v) is 9.16. The lowest BCUT2D eigenvalue weighted by Crippen LogP contribution is -2.48. The third-order valence-electron chi connectivity index (χ3n) is 5.32. The highest BCUT2D eigenvalue weighted by Crippen LogP contribution is 2.31. The Bertz CT molecular complexity index is 1020. The monoisotopic (exact) mass is 431 g/mol. The lowest BCUT2D eigenvalue weighted by atomic mass is 10.2. The molecule has 1 atom stereocenters. The van der Waals surface area contributed by atoms with Gasteiger partial charge in [-0.2, -0.15) is 4.31 Å². The summed E-state index contributed by atoms with van der Waals surface area (Å²) >= 11 is 0. The van der Waals surface area contributed by atoms with Crippen LogP contribution in [-0.4, -0.2) is 69.0 Å². The van der Waals surface area contributed by atoms with Crippen LogP contribution in [0.4, 0.5) is 5.69 Å². The van der Waals surface area contributed by atoms with Crippen LogP contribution in [0.5, 0.6) is 11.5 Å². The van der Waals surface area contributed by atoms with E-state index in [-0.39, 0.29) is 11.5 Å². The lowest BCUT2D eigenvalue weighted by molar-refractivity contribution is -0.125. The van der Waals surface area contributed by atoms with Crippen molar-refractivity contribution in [2.45, 2.75) is 17.9 Å². The molecule has 160 valence electrons. The highest BCUT2D eigenvalue weighted by Gasteiger charge is 2.30. The fourth-order valence-corrected chi connectivity index (χ4v) is 5.01. The number of piperazine rings is 1. The number of fused-ring (bicyclic) bond motifs is 1. The summed E-state index contributed by atoms with van der Waals surface area (Å²) < 4.78 is 38.8. The molecule has 9 heteroatoms. The first kappa shape index (κ1) is 20.6. The van der Waals surface area contributed by atoms with E-state index < -0.39 is 22.0 Å². The van der Waals surface area contributed by atoms with Crippen molar-refractivity contribution < 1.29 is 22.7 Å². The van der Waals surface area contributed by atoms with E-state index in [0.29, 0.717) is 43.4 Å². The number of nitrogens with one attached hydrogen (secondary N) is 1. The van der Waals surface area contributed by atoms with Gasteiger partial charge < -0.3 is 19.7 Å². The van der Waals surface area contributed by atoms with Gasteiger partial charge in [-0.25, -0.2) is 8.42 Å². The predicted molar refractivity (Wildman–Crippen MR) is 112 cm³/mol. The Labute approximate surface area is 176 Å². The van der Waals surface area contributed by atoms with Gasteiger partial charge >= 0.3 is 0 Å². The molecular weight excluding hydrogens is 406 g/mol. The Morgan fingerprint density at radius 2 is 1.80 bits per heavy atom. The molecule has 2 aromatic rings. The first-order valence-corrected chi connectivity index (χ1v) is 11.4. The third kappa shape index (κ3) is 4.28. The van der Waals surface area contributed by atoms with Gasteiger partial charge in [0, 0.05) is 31.9 Å². The van der Waals surface area contributed by atoms with Gasteiger partial charge in [0.25, 0.3) is 5.91 Å². The van der Waals surface area contributed by atoms with Gasteiger partial charge in [-0.05, 0) is 36.9 Å². The van der Waals surface area contributed by atoms with Crippen molar-refractivity contribution in [2.75, 3.05) is 44.6 Å². The number of carbonyl (C=O) groups excluding carboxylic acids is 1. The van der Waals surface area contributed by atoms with Crippen LogP contribution in [-0.2, 0) is 14.8 Å². The van der Waals surface area contributed by atoms with Crippen molar-refractivity contribution >= 4 is 21.6 Å². The standard InChI is InChI=1S/C21H25N3O5S/c1-2-23-10-12-24(13-11-23)30(26,27)17-7-5-6-16(14-17)22-21(25)20-15-28-18-8-3-4-9-19(18)29-20/h3-9,14,20H,2,10-13,15H2,1H3,(H,22,25). The van der Waals surface area contributed by atoms with Crippen molar-refractivity contribution in [1.82, 2.24) is 9.21 Å². The topological polar surface area (TPSA) is 88.2 Å². The molecule has 0 radical (unpaired) electrons. The van der Waals surface area contributed by atoms with Crippen molar-refractivity contribution in [3.63, 3.8) is 0 Å². The van der Waals surface area contributed by atoms with E-state index in [0.717, 1.165) is 6.54 Å². The number of hydrogen-bond donors (Lipinski definition) is 1. The zero-order valence-corrected chi connectivity index (χ0v) is 17.6. The zero-order valence-electron chi connectivity index (χ0n) is 16.8. The molecule has 8 nitrogen and oxygen atoms in total. The van der Waals surface area contributed by atoms with Gasteiger partial charge in [0.1, 0.15) is 6.61 Å². The van der Waals surface area contributed by atoms with Crippen LogP contribution in [0.25, 0.3) is 0 Å². The second kappa shape index (κ2) is 8.63. The molecular formula is C21H25N3O5S. The number of anilines is 1. The van der Waals surface area contributed by atoms with Crippen LogP contribution < -0.4 is 14.8 Å². The van der Waals surface area contributed by atoms with Crippen LogP contribution in [0.2, 0.25) is 0 Å². The van der Waals surface area contributed by atoms with E-state index in [2.05, 4.69) is 17.1 Å². The molecule has 0 aliphatic carbocycles. The molecule has 30 heavy (non-hydrogen) atoms. The van der Waals surface area contributed by atoms with E-state index >= 15 is 0 Å². The SMILES string of the molecule is CCN1CCN(S(=O)(=O)c2cccc(NC(=O)C3COc4ccccc4O3)c2)CC1. The van der Waals surface area contributed by atoms with E-state index in [1.54, 1.807) is 36.4 Å². The quantitative estimate of drug-likeness (QED) is 0.777. The fraction of sp³-hybridized carbons (Fsp3) is 0.381. The Kier molecular flexibility index (Phi) is 5.94. The third-order valence-corrected chi connectivity index (χ3v) is 7.21. The maximum absolute atomic E-state index is 13.0. The molecule has 2 aliphatic heterocycles. The average molecular weight is 432 g/mol. The maximum atomic E-state index is 13.0. The molecule has 2 heterocycles. The second-order valence-electron chi connectivity index (χ2n) is 7.22. The number of nitrogens with zero attached hydrogens (tertiary/aromatic N) is 2. The number of rotatable bonds is 5. The van der Waals surface area contributed by atoms with Crippen molar-refractivity contribution in [2.24, 2.45) is 0 Å². The van der Waals surface area contributed by atoms with Crippen molar-refractivity contribution in [3.8, 4) is 11.5 Å². The Hall–Kier alpha value is -2.62. The van der Waals surface area contributed by atoms with Gasteiger partial charge in [0.2, 0.25) is 16.1 Å². The van der Waals surface area contributed by atoms with E-state index in [1.165, 1.54) is 10.4 Å². The number of sulfonamides is 1. The summed E-state index contributed by atoms with van der Waals surface area (Å²) in [5, 5.41) is 2.74. The number of amides is 1. The lowest BCUT2D eigenvalue weighted by Gasteiger charge is -2.33. The maximum Gasteiger partial charge on any atom is 0.269 e. The molecule has 1 saturated heterocycles. The minimum atomic E-state index is -3.62. The van der Waals surface area contributed by atoms with Gasteiger partial charge in [0.05, 0.1) is 4.90 Å². The summed E-state index contributed by atoms with van der Waals surface area (Å²) in [6.07, 6.45) is -0.817. The normalized spacial score (nSPS) is 20.0. The molecule has 2 aliphatic rings. The number of ether oxygens (including phenoxy) is 2. The summed E-state index contributed by atoms with van der Waals surface area (Å²) in [7, 11) is -3.62. The minimum absolute atomic E-state index is 0.0859. The highest BCUT2D eigenvalue weighted by molar-refractivity contribution is 7.89. The molecule has 0 spiro atoms. The highest BCUT2D eigenvalue weighted by atomic mass is 32.2. The first-order valence-electron chi connectivity index (χ1n) is 9.99. The fourth-order valence-electron chi connectivity index (χ4n) is 3.54. The molecule has 1 fully saturated rings. The van der Waals surface area contributed by atoms with E-state index in [9.17, 15) is 13.2 Å². The molecule has 1 unspecified atom stereocenters. The van der Waals surface area contributed by atoms with Crippen LogP contribution in [0, 0.1) is 0 Å². The number of carbonyl (C=O) groups is 1. The molecule has 1 amide bonds. The van der Waals surface area contributed by atoms with Crippen LogP contribution >= 0.6 is 0 Å². The van der Waals surface area contributed by atoms with E-state index in [4.69, 9.17) is 9.47 Å². The largest absolute Gasteiger partial charge is 0.485 e. The Morgan fingerprint density at radius 1 is 1.07 bits per heavy atom. The van der Waals surface area contributed by atoms with E-state index in [1.807, 2.05) is 6.07 Å². The molecule has 0 bridgehead atoms. The Morgan fingerprint density at radius 3 is 2.53 bits per heavy atom. The summed E-state index contributed by atoms with van der Waals surface area (Å²) in [5.74, 6) is 0.708. The summed E-state index contributed by atoms with van der Waals surface area (Å²) in [6.45, 7) is 5.41. The Balaban J connectivity index is 1.44. The van der Waals surface area contributed by atoms with Crippen molar-refractivity contribution in [1.29, 1.82) is 0 Å². The number of para-hydroxylation sites is 2. The smallest absolute Gasteiger partial charge is 0.269 e. The summed E-state index contributed by atoms with van der Waals surface area (Å²) in [6, 6.07) is 13.5. The van der Waals surface area contributed by atoms with Crippen LogP contribution in [0.1, 0.15) is 6.92 Å². The van der Waals surface area contributed by atoms with Crippen molar-refractivity contribution in [3.05, 3.63) is 48.5 Å². The molecule has 0 aromatic heterocycles. The average Bonchev–Trinajstić information content (AvgIpc) is 2.79. The molecule has 1 N–H and O–H groups in total. The molecule has 4 rings (SSSR count). The summed E-state index contributed by atoms with van der Waals surface area (Å²) in [5.41, 5.74) is 0.399. The van der Waals surface area contributed by atoms with Gasteiger partial charge in [0.15, 0.2) is 11.5 Å². The summed E-state index contributed by atoms with van der Waals surface area (Å²) in [4.78, 5) is 15.0. The predicted octanol–water partition coefficient (Wildman–Crippen LogP) is 1.79. The van der Waals surface area contributed by atoms with Gasteiger partial charge in [-0.3, -0.25) is 4.79 Å². The van der Waals surface area contributed by atoms with Gasteiger partial charge in [-0.15, -0.1) is 0 Å².